The number of imide groups is 2. The number of urea groups is 1. The number of aromatic nitrogens is 2. The smallest absolute Gasteiger partial charge is 0.328 e. The minimum Gasteiger partial charge on any atom is -0.372 e. The highest BCUT2D eigenvalue weighted by Gasteiger charge is 2.63. The first-order chi connectivity index (χ1) is 18.3. The van der Waals surface area contributed by atoms with Crippen LogP contribution in [0.5, 0.6) is 0 Å². The van der Waals surface area contributed by atoms with Crippen LogP contribution < -0.4 is 20.4 Å². The molecule has 5 heterocycles. The Balaban J connectivity index is 1.56. The average Bonchev–Trinajstić information content (AvgIpc) is 3.38. The molecule has 2 fully saturated rings. The number of carbonyl (C=O) groups excluding carboxylic acids is 3. The Hall–Kier alpha value is -3.63. The van der Waals surface area contributed by atoms with E-state index in [9.17, 15) is 27.6 Å². The molecular weight excluding hydrogens is 557 g/mol. The molecule has 3 atom stereocenters. The molecule has 4 amide bonds. The maximum Gasteiger partial charge on any atom is 0.328 e. The number of sulfone groups is 1. The summed E-state index contributed by atoms with van der Waals surface area (Å²) in [5.74, 6) is -2.88. The first kappa shape index (κ1) is 25.6. The van der Waals surface area contributed by atoms with E-state index < -0.39 is 55.9 Å². The second kappa shape index (κ2) is 8.43. The molecule has 0 bridgehead atoms. The van der Waals surface area contributed by atoms with Crippen molar-refractivity contribution >= 4 is 55.7 Å². The van der Waals surface area contributed by atoms with Gasteiger partial charge in [-0.05, 0) is 25.5 Å². The van der Waals surface area contributed by atoms with Crippen LogP contribution in [0.1, 0.15) is 24.3 Å². The van der Waals surface area contributed by atoms with Crippen molar-refractivity contribution in [3.8, 4) is 5.82 Å². The molecule has 3 aliphatic heterocycles. The van der Waals surface area contributed by atoms with Crippen molar-refractivity contribution in [3.05, 3.63) is 38.2 Å². The summed E-state index contributed by atoms with van der Waals surface area (Å²) in [5, 5.41) is 8.33. The summed E-state index contributed by atoms with van der Waals surface area (Å²) in [6.07, 6.45) is 1.000. The number of benzene rings is 1. The predicted molar refractivity (Wildman–Crippen MR) is 135 cm³/mol. The zero-order valence-electron chi connectivity index (χ0n) is 20.8. The number of ether oxygens (including phenoxy) is 1. The zero-order valence-corrected chi connectivity index (χ0v) is 22.4. The lowest BCUT2D eigenvalue weighted by Crippen LogP contribution is -2.75. The van der Waals surface area contributed by atoms with Crippen LogP contribution in [-0.2, 0) is 36.3 Å². The van der Waals surface area contributed by atoms with Crippen LogP contribution >= 0.6 is 11.3 Å². The first-order valence-corrected chi connectivity index (χ1v) is 14.8. The summed E-state index contributed by atoms with van der Waals surface area (Å²) >= 11 is 0.708. The van der Waals surface area contributed by atoms with E-state index in [2.05, 4.69) is 15.8 Å². The minimum atomic E-state index is -3.42. The van der Waals surface area contributed by atoms with E-state index in [-0.39, 0.29) is 57.7 Å². The van der Waals surface area contributed by atoms with Gasteiger partial charge in [-0.1, -0.05) is 16.5 Å². The number of amides is 4. The molecule has 16 heteroatoms. The number of rotatable bonds is 3. The van der Waals surface area contributed by atoms with Crippen molar-refractivity contribution in [2.75, 3.05) is 17.7 Å². The summed E-state index contributed by atoms with van der Waals surface area (Å²) < 4.78 is 52.0. The van der Waals surface area contributed by atoms with Crippen LogP contribution in [0.2, 0.25) is 0 Å². The number of nitrogens with one attached hydrogen (secondary N) is 2. The van der Waals surface area contributed by atoms with Gasteiger partial charge in [0.1, 0.15) is 0 Å². The van der Waals surface area contributed by atoms with Crippen molar-refractivity contribution in [1.82, 2.24) is 20.4 Å². The van der Waals surface area contributed by atoms with Crippen LogP contribution in [0.4, 0.5) is 14.9 Å². The van der Waals surface area contributed by atoms with Crippen molar-refractivity contribution in [2.24, 2.45) is 5.41 Å². The van der Waals surface area contributed by atoms with Crippen molar-refractivity contribution in [2.45, 2.75) is 44.3 Å². The topological polar surface area (TPSA) is 170 Å². The molecule has 6 rings (SSSR count). The van der Waals surface area contributed by atoms with Gasteiger partial charge in [-0.15, -0.1) is 0 Å². The van der Waals surface area contributed by atoms with E-state index in [1.54, 1.807) is 18.7 Å². The third-order valence-electron chi connectivity index (χ3n) is 7.27. The van der Waals surface area contributed by atoms with Gasteiger partial charge in [0.15, 0.2) is 26.9 Å². The van der Waals surface area contributed by atoms with Crippen LogP contribution in [0.15, 0.2) is 21.6 Å². The molecule has 2 N–H and O–H groups in total. The molecule has 0 radical (unpaired) electrons. The van der Waals surface area contributed by atoms with Crippen molar-refractivity contribution in [1.29, 1.82) is 0 Å². The standard InChI is InChI=1S/C23H22FN5O8S2/c1-9-6-28-15-11(5-23(17(28)10(2)36-9)19(30)25-21(32)26-20(23)31)4-13-16(14(15)24)37-27-18(13)29-7-12(38-22(29)33)8-39(3,34)35/h4,7,9-10,17H,5-6,8H2,1-3H3,(H2,25,26,30,31,32)/t9-,10+,17-/m1/s1. The molecule has 39 heavy (non-hydrogen) atoms. The lowest BCUT2D eigenvalue weighted by atomic mass is 9.66. The van der Waals surface area contributed by atoms with E-state index in [1.807, 2.05) is 0 Å². The Bertz CT molecular complexity index is 1740. The maximum absolute atomic E-state index is 16.2. The SMILES string of the molecule is C[C@@H]1CN2c3c(cc4c(-n5cc(CS(C)(=O)=O)sc5=O)noc4c3F)CC3(C(=O)NC(=O)NC3=O)[C@H]2[C@H](C)O1. The number of anilines is 1. The second-order valence-electron chi connectivity index (χ2n) is 10.1. The summed E-state index contributed by atoms with van der Waals surface area (Å²) in [4.78, 5) is 52.6. The Labute approximate surface area is 223 Å². The lowest BCUT2D eigenvalue weighted by Gasteiger charge is -2.55. The molecule has 0 saturated carbocycles. The first-order valence-electron chi connectivity index (χ1n) is 11.9. The Kier molecular flexibility index (Phi) is 5.54. The highest BCUT2D eigenvalue weighted by Crippen LogP contribution is 2.49. The molecular formula is C23H22FN5O8S2. The average molecular weight is 580 g/mol. The molecule has 0 unspecified atom stereocenters. The highest BCUT2D eigenvalue weighted by atomic mass is 32.2. The number of thiazole rings is 1. The highest BCUT2D eigenvalue weighted by molar-refractivity contribution is 7.90. The lowest BCUT2D eigenvalue weighted by molar-refractivity contribution is -0.153. The molecule has 3 aliphatic rings. The molecule has 2 saturated heterocycles. The molecule has 13 nitrogen and oxygen atoms in total. The quantitative estimate of drug-likeness (QED) is 0.419. The normalized spacial score (nSPS) is 24.5. The fourth-order valence-electron chi connectivity index (χ4n) is 5.97. The van der Waals surface area contributed by atoms with Gasteiger partial charge in [0, 0.05) is 30.3 Å². The van der Waals surface area contributed by atoms with Gasteiger partial charge in [0.25, 0.3) is 0 Å². The number of hydrogen-bond acceptors (Lipinski definition) is 11. The minimum absolute atomic E-state index is 0.0692. The largest absolute Gasteiger partial charge is 0.372 e. The van der Waals surface area contributed by atoms with Crippen LogP contribution in [0, 0.1) is 11.2 Å². The third-order valence-corrected chi connectivity index (χ3v) is 9.17. The van der Waals surface area contributed by atoms with E-state index in [0.717, 1.165) is 10.8 Å². The monoisotopic (exact) mass is 579 g/mol. The number of nitrogens with zero attached hydrogens (tertiary/aromatic N) is 3. The molecule has 206 valence electrons. The van der Waals surface area contributed by atoms with E-state index in [4.69, 9.17) is 9.26 Å². The molecule has 3 aromatic rings. The Morgan fingerprint density at radius 1 is 1.21 bits per heavy atom. The molecule has 0 aliphatic carbocycles. The van der Waals surface area contributed by atoms with E-state index in [0.29, 0.717) is 11.3 Å². The number of fused-ring (bicyclic) bond motifs is 5. The second-order valence-corrected chi connectivity index (χ2v) is 13.3. The van der Waals surface area contributed by atoms with Crippen LogP contribution in [-0.4, -0.2) is 67.0 Å². The summed E-state index contributed by atoms with van der Waals surface area (Å²) in [6.45, 7) is 3.59. The van der Waals surface area contributed by atoms with E-state index >= 15 is 4.39 Å². The fourth-order valence-corrected chi connectivity index (χ4v) is 8.06. The molecule has 2 aromatic heterocycles. The van der Waals surface area contributed by atoms with Gasteiger partial charge in [0.05, 0.1) is 35.1 Å². The number of barbiturate groups is 1. The number of hydrogen-bond donors (Lipinski definition) is 2. The zero-order chi connectivity index (χ0) is 28.0. The van der Waals surface area contributed by atoms with Gasteiger partial charge in [-0.25, -0.2) is 17.6 Å². The Morgan fingerprint density at radius 2 is 1.90 bits per heavy atom. The summed E-state index contributed by atoms with van der Waals surface area (Å²) in [6, 6.07) is -0.392. The molecule has 1 spiro atoms. The van der Waals surface area contributed by atoms with E-state index in [1.165, 1.54) is 12.3 Å². The maximum atomic E-state index is 16.2. The number of morpholine rings is 1. The van der Waals surface area contributed by atoms with Gasteiger partial charge in [0.2, 0.25) is 17.4 Å². The Morgan fingerprint density at radius 3 is 2.56 bits per heavy atom. The fraction of sp³-hybridized carbons (Fsp3) is 0.435. The molecule has 1 aromatic carbocycles. The third kappa shape index (κ3) is 3.80. The van der Waals surface area contributed by atoms with Gasteiger partial charge < -0.3 is 14.2 Å². The van der Waals surface area contributed by atoms with Gasteiger partial charge >= 0.3 is 10.9 Å². The predicted octanol–water partition coefficient (Wildman–Crippen LogP) is 0.615. The van der Waals surface area contributed by atoms with Crippen molar-refractivity contribution in [3.63, 3.8) is 0 Å². The summed E-state index contributed by atoms with van der Waals surface area (Å²) in [5.41, 5.74) is -1.70. The van der Waals surface area contributed by atoms with Crippen molar-refractivity contribution < 1.29 is 36.5 Å². The number of carbonyl (C=O) groups is 3. The van der Waals surface area contributed by atoms with Crippen LogP contribution in [0.3, 0.4) is 0 Å². The van der Waals surface area contributed by atoms with Gasteiger partial charge in [-0.3, -0.25) is 29.6 Å². The van der Waals surface area contributed by atoms with Crippen LogP contribution in [0.25, 0.3) is 16.8 Å². The van der Waals surface area contributed by atoms with Gasteiger partial charge in [-0.2, -0.15) is 0 Å². The number of halogens is 1. The summed E-state index contributed by atoms with van der Waals surface area (Å²) in [7, 11) is -3.42.